The molecule has 1 heterocycles. The topological polar surface area (TPSA) is 138 Å². The lowest BCUT2D eigenvalue weighted by molar-refractivity contribution is -0.384. The highest BCUT2D eigenvalue weighted by atomic mass is 16.6. The molecule has 9 nitrogen and oxygen atoms in total. The van der Waals surface area contributed by atoms with Crippen LogP contribution in [0.3, 0.4) is 0 Å². The second-order valence-electron chi connectivity index (χ2n) is 3.73. The lowest BCUT2D eigenvalue weighted by Gasteiger charge is -2.01. The fraction of sp³-hybridized carbons (Fsp3) is 0. The maximum absolute atomic E-state index is 11.8. The van der Waals surface area contributed by atoms with E-state index in [2.05, 4.69) is 15.5 Å². The average molecular weight is 276 g/mol. The number of aromatic carboxylic acids is 1. The highest BCUT2D eigenvalue weighted by Gasteiger charge is 2.14. The minimum atomic E-state index is -1.21. The minimum absolute atomic E-state index is 0.0129. The third-order valence-electron chi connectivity index (χ3n) is 2.37. The van der Waals surface area contributed by atoms with Crippen LogP contribution in [0.25, 0.3) is 0 Å². The molecule has 0 unspecified atom stereocenters. The molecular weight excluding hydrogens is 268 g/mol. The zero-order valence-electron chi connectivity index (χ0n) is 9.86. The number of nitro benzene ring substituents is 1. The van der Waals surface area contributed by atoms with Crippen molar-refractivity contribution in [1.82, 2.24) is 10.2 Å². The van der Waals surface area contributed by atoms with Crippen molar-refractivity contribution in [3.63, 3.8) is 0 Å². The molecule has 0 radical (unpaired) electrons. The van der Waals surface area contributed by atoms with Crippen molar-refractivity contribution >= 4 is 23.4 Å². The van der Waals surface area contributed by atoms with Crippen LogP contribution in [0.2, 0.25) is 0 Å². The fourth-order valence-corrected chi connectivity index (χ4v) is 1.44. The van der Waals surface area contributed by atoms with Gasteiger partial charge >= 0.3 is 5.97 Å². The smallest absolute Gasteiger partial charge is 0.353 e. The largest absolute Gasteiger partial charge is 0.477 e. The Morgan fingerprint density at radius 2 is 2.10 bits per heavy atom. The van der Waals surface area contributed by atoms with Crippen LogP contribution in [0, 0.1) is 10.1 Å². The first kappa shape index (κ1) is 13.2. The number of non-ortho nitro benzene ring substituents is 1. The molecule has 0 atom stereocenters. The van der Waals surface area contributed by atoms with E-state index in [1.807, 2.05) is 0 Å². The van der Waals surface area contributed by atoms with Gasteiger partial charge in [-0.1, -0.05) is 6.07 Å². The number of carboxylic acids is 1. The van der Waals surface area contributed by atoms with E-state index in [0.29, 0.717) is 0 Å². The van der Waals surface area contributed by atoms with Crippen molar-refractivity contribution in [2.24, 2.45) is 0 Å². The van der Waals surface area contributed by atoms with Gasteiger partial charge in [-0.15, -0.1) is 0 Å². The summed E-state index contributed by atoms with van der Waals surface area (Å²) in [5.41, 5.74) is -0.329. The Balaban J connectivity index is 2.17. The van der Waals surface area contributed by atoms with Gasteiger partial charge in [0, 0.05) is 23.8 Å². The summed E-state index contributed by atoms with van der Waals surface area (Å²) in [7, 11) is 0. The van der Waals surface area contributed by atoms with Gasteiger partial charge in [0.1, 0.15) is 5.69 Å². The van der Waals surface area contributed by atoms with E-state index in [0.717, 1.165) is 12.1 Å². The van der Waals surface area contributed by atoms with E-state index >= 15 is 0 Å². The maximum Gasteiger partial charge on any atom is 0.353 e. The number of carbonyl (C=O) groups excluding carboxylic acids is 1. The van der Waals surface area contributed by atoms with Gasteiger partial charge in [-0.05, 0) is 6.07 Å². The van der Waals surface area contributed by atoms with Crippen LogP contribution < -0.4 is 5.32 Å². The molecule has 0 bridgehead atoms. The van der Waals surface area contributed by atoms with Crippen molar-refractivity contribution < 1.29 is 19.6 Å². The van der Waals surface area contributed by atoms with Gasteiger partial charge in [0.2, 0.25) is 0 Å². The summed E-state index contributed by atoms with van der Waals surface area (Å²) in [5, 5.41) is 27.4. The predicted octanol–water partition coefficient (Wildman–Crippen LogP) is 1.27. The molecule has 2 aromatic rings. The molecule has 1 aromatic heterocycles. The molecule has 0 fully saturated rings. The van der Waals surface area contributed by atoms with Gasteiger partial charge in [0.05, 0.1) is 4.92 Å². The van der Waals surface area contributed by atoms with Crippen molar-refractivity contribution in [3.8, 4) is 0 Å². The molecule has 1 aromatic carbocycles. The van der Waals surface area contributed by atoms with Gasteiger partial charge in [-0.3, -0.25) is 20.0 Å². The number of benzene rings is 1. The SMILES string of the molecule is O=C(Nc1cc(C(=O)O)[nH]n1)c1cccc([N+](=O)[O-])c1. The fourth-order valence-electron chi connectivity index (χ4n) is 1.44. The summed E-state index contributed by atoms with van der Waals surface area (Å²) in [6.45, 7) is 0. The van der Waals surface area contributed by atoms with Crippen LogP contribution >= 0.6 is 0 Å². The molecule has 0 aliphatic carbocycles. The summed E-state index contributed by atoms with van der Waals surface area (Å²) in [6, 6.07) is 6.28. The number of aromatic amines is 1. The number of anilines is 1. The zero-order valence-corrected chi connectivity index (χ0v) is 9.86. The number of aromatic nitrogens is 2. The number of carboxylic acid groups (broad SMARTS) is 1. The number of hydrogen-bond donors (Lipinski definition) is 3. The Labute approximate surface area is 111 Å². The third kappa shape index (κ3) is 2.77. The highest BCUT2D eigenvalue weighted by molar-refractivity contribution is 6.04. The van der Waals surface area contributed by atoms with Crippen LogP contribution in [-0.4, -0.2) is 32.1 Å². The number of carbonyl (C=O) groups is 2. The Hall–Kier alpha value is -3.23. The van der Waals surface area contributed by atoms with Crippen LogP contribution in [0.1, 0.15) is 20.8 Å². The molecule has 1 amide bonds. The standard InChI is InChI=1S/C11H8N4O5/c16-10(6-2-1-3-7(4-6)15(19)20)12-9-5-8(11(17)18)13-14-9/h1-5H,(H,17,18)(H2,12,13,14,16). The van der Waals surface area contributed by atoms with Crippen LogP contribution in [0.5, 0.6) is 0 Å². The van der Waals surface area contributed by atoms with Gasteiger partial charge in [0.25, 0.3) is 11.6 Å². The highest BCUT2D eigenvalue weighted by Crippen LogP contribution is 2.14. The van der Waals surface area contributed by atoms with E-state index in [4.69, 9.17) is 5.11 Å². The molecule has 102 valence electrons. The number of H-pyrrole nitrogens is 1. The zero-order chi connectivity index (χ0) is 14.7. The summed E-state index contributed by atoms with van der Waals surface area (Å²) in [6.07, 6.45) is 0. The van der Waals surface area contributed by atoms with Crippen LogP contribution in [0.15, 0.2) is 30.3 Å². The average Bonchev–Trinajstić information content (AvgIpc) is 2.87. The number of nitro groups is 1. The van der Waals surface area contributed by atoms with Crippen molar-refractivity contribution in [2.75, 3.05) is 5.32 Å². The first-order valence-corrected chi connectivity index (χ1v) is 5.32. The Morgan fingerprint density at radius 1 is 1.35 bits per heavy atom. The molecule has 0 aliphatic heterocycles. The monoisotopic (exact) mass is 276 g/mol. The van der Waals surface area contributed by atoms with Crippen molar-refractivity contribution in [2.45, 2.75) is 0 Å². The second kappa shape index (κ2) is 5.18. The summed E-state index contributed by atoms with van der Waals surface area (Å²) >= 11 is 0. The van der Waals surface area contributed by atoms with E-state index in [1.54, 1.807) is 0 Å². The van der Waals surface area contributed by atoms with Gasteiger partial charge in [-0.25, -0.2) is 4.79 Å². The number of rotatable bonds is 4. The molecule has 0 saturated heterocycles. The van der Waals surface area contributed by atoms with Gasteiger partial charge < -0.3 is 10.4 Å². The molecule has 0 aliphatic rings. The van der Waals surface area contributed by atoms with Gasteiger partial charge in [-0.2, -0.15) is 5.10 Å². The second-order valence-corrected chi connectivity index (χ2v) is 3.73. The lowest BCUT2D eigenvalue weighted by Crippen LogP contribution is -2.12. The number of amides is 1. The van der Waals surface area contributed by atoms with E-state index < -0.39 is 16.8 Å². The first-order valence-electron chi connectivity index (χ1n) is 5.32. The molecule has 0 saturated carbocycles. The quantitative estimate of drug-likeness (QED) is 0.567. The van der Waals surface area contributed by atoms with Crippen molar-refractivity contribution in [3.05, 3.63) is 51.7 Å². The van der Waals surface area contributed by atoms with Crippen molar-refractivity contribution in [1.29, 1.82) is 0 Å². The number of nitrogens with zero attached hydrogens (tertiary/aromatic N) is 2. The summed E-state index contributed by atoms with van der Waals surface area (Å²) in [4.78, 5) is 32.5. The predicted molar refractivity (Wildman–Crippen MR) is 66.6 cm³/mol. The molecule has 2 rings (SSSR count). The van der Waals surface area contributed by atoms with Gasteiger partial charge in [0.15, 0.2) is 5.82 Å². The van der Waals surface area contributed by atoms with E-state index in [1.165, 1.54) is 18.2 Å². The van der Waals surface area contributed by atoms with Crippen LogP contribution in [0.4, 0.5) is 11.5 Å². The van der Waals surface area contributed by atoms with E-state index in [-0.39, 0.29) is 22.8 Å². The number of nitrogens with one attached hydrogen (secondary N) is 2. The van der Waals surface area contributed by atoms with Crippen LogP contribution in [-0.2, 0) is 0 Å². The molecule has 9 heteroatoms. The normalized spacial score (nSPS) is 10.0. The molecular formula is C11H8N4O5. The Kier molecular flexibility index (Phi) is 3.42. The lowest BCUT2D eigenvalue weighted by atomic mass is 10.2. The molecule has 3 N–H and O–H groups in total. The van der Waals surface area contributed by atoms with E-state index in [9.17, 15) is 19.7 Å². The molecule has 0 spiro atoms. The first-order chi connectivity index (χ1) is 9.47. The minimum Gasteiger partial charge on any atom is -0.477 e. The molecule has 20 heavy (non-hydrogen) atoms. The maximum atomic E-state index is 11.8. The number of hydrogen-bond acceptors (Lipinski definition) is 5. The Morgan fingerprint density at radius 3 is 2.70 bits per heavy atom. The summed E-state index contributed by atoms with van der Waals surface area (Å²) < 4.78 is 0. The third-order valence-corrected chi connectivity index (χ3v) is 2.37. The Bertz CT molecular complexity index is 694. The summed E-state index contributed by atoms with van der Waals surface area (Å²) in [5.74, 6) is -1.83.